The van der Waals surface area contributed by atoms with Crippen molar-refractivity contribution >= 4 is 23.2 Å². The molecule has 1 amide bonds. The molecule has 1 saturated heterocycles. The molecule has 0 bridgehead atoms. The summed E-state index contributed by atoms with van der Waals surface area (Å²) in [4.78, 5) is 21.4. The number of benzene rings is 2. The predicted octanol–water partition coefficient (Wildman–Crippen LogP) is 4.27. The number of nitrogens with zero attached hydrogens (tertiary/aromatic N) is 4. The van der Waals surface area contributed by atoms with E-state index in [1.54, 1.807) is 11.0 Å². The molecule has 1 fully saturated rings. The number of carbonyl (C=O) groups is 1. The van der Waals surface area contributed by atoms with Crippen LogP contribution in [0.25, 0.3) is 11.4 Å². The van der Waals surface area contributed by atoms with Crippen molar-refractivity contribution in [1.82, 2.24) is 15.0 Å². The number of piperidine rings is 1. The lowest BCUT2D eigenvalue weighted by atomic mass is 9.96. The minimum Gasteiger partial charge on any atom is -0.338 e. The highest BCUT2D eigenvalue weighted by molar-refractivity contribution is 6.33. The molecule has 0 N–H and O–H groups in total. The summed E-state index contributed by atoms with van der Waals surface area (Å²) in [7, 11) is 1.84. The summed E-state index contributed by atoms with van der Waals surface area (Å²) >= 11 is 6.22. The highest BCUT2D eigenvalue weighted by Gasteiger charge is 2.29. The molecular formula is C22H23ClN4O2. The van der Waals surface area contributed by atoms with Crippen LogP contribution in [0.1, 0.15) is 18.7 Å². The second-order valence-corrected chi connectivity index (χ2v) is 7.71. The topological polar surface area (TPSA) is 62.5 Å². The zero-order valence-corrected chi connectivity index (χ0v) is 17.0. The van der Waals surface area contributed by atoms with E-state index in [1.165, 1.54) is 0 Å². The first-order chi connectivity index (χ1) is 14.1. The van der Waals surface area contributed by atoms with Crippen LogP contribution in [0.3, 0.4) is 0 Å². The summed E-state index contributed by atoms with van der Waals surface area (Å²) in [5.74, 6) is 1.12. The molecule has 1 unspecified atom stereocenters. The number of anilines is 1. The summed E-state index contributed by atoms with van der Waals surface area (Å²) in [6, 6.07) is 17.2. The van der Waals surface area contributed by atoms with Crippen LogP contribution in [0.5, 0.6) is 0 Å². The van der Waals surface area contributed by atoms with E-state index in [0.29, 0.717) is 29.8 Å². The van der Waals surface area contributed by atoms with Crippen molar-refractivity contribution < 1.29 is 9.32 Å². The number of halogens is 1. The number of hydrogen-bond donors (Lipinski definition) is 0. The van der Waals surface area contributed by atoms with Crippen LogP contribution >= 0.6 is 11.6 Å². The van der Waals surface area contributed by atoms with Gasteiger partial charge in [-0.15, -0.1) is 0 Å². The molecule has 150 valence electrons. The van der Waals surface area contributed by atoms with Crippen LogP contribution < -0.4 is 4.90 Å². The Balaban J connectivity index is 1.40. The van der Waals surface area contributed by atoms with Crippen molar-refractivity contribution in [2.75, 3.05) is 25.0 Å². The normalized spacial score (nSPS) is 17.2. The van der Waals surface area contributed by atoms with E-state index >= 15 is 0 Å². The molecular weight excluding hydrogens is 388 g/mol. The number of para-hydroxylation sites is 1. The summed E-state index contributed by atoms with van der Waals surface area (Å²) in [5.41, 5.74) is 1.66. The van der Waals surface area contributed by atoms with Crippen LogP contribution in [0, 0.1) is 5.92 Å². The van der Waals surface area contributed by atoms with Crippen molar-refractivity contribution in [2.24, 2.45) is 5.92 Å². The van der Waals surface area contributed by atoms with Crippen LogP contribution in [0.15, 0.2) is 59.1 Å². The molecule has 2 heterocycles. The van der Waals surface area contributed by atoms with E-state index in [2.05, 4.69) is 15.0 Å². The first-order valence-electron chi connectivity index (χ1n) is 9.74. The molecule has 1 aliphatic heterocycles. The van der Waals surface area contributed by atoms with Gasteiger partial charge in [0, 0.05) is 24.8 Å². The van der Waals surface area contributed by atoms with Gasteiger partial charge in [0.05, 0.1) is 17.5 Å². The number of aromatic nitrogens is 2. The highest BCUT2D eigenvalue weighted by Crippen LogP contribution is 2.26. The fraction of sp³-hybridized carbons (Fsp3) is 0.318. The quantitative estimate of drug-likeness (QED) is 0.628. The summed E-state index contributed by atoms with van der Waals surface area (Å²) in [5, 5.41) is 4.65. The summed E-state index contributed by atoms with van der Waals surface area (Å²) in [6.07, 6.45) is 1.85. The smallest absolute Gasteiger partial charge is 0.241 e. The Morgan fingerprint density at radius 2 is 1.97 bits per heavy atom. The highest BCUT2D eigenvalue weighted by atomic mass is 35.5. The van der Waals surface area contributed by atoms with Crippen molar-refractivity contribution in [2.45, 2.75) is 19.4 Å². The monoisotopic (exact) mass is 410 g/mol. The van der Waals surface area contributed by atoms with Gasteiger partial charge < -0.3 is 9.42 Å². The molecule has 2 aromatic carbocycles. The molecule has 1 atom stereocenters. The molecule has 29 heavy (non-hydrogen) atoms. The van der Waals surface area contributed by atoms with E-state index in [0.717, 1.165) is 30.6 Å². The predicted molar refractivity (Wildman–Crippen MR) is 113 cm³/mol. The van der Waals surface area contributed by atoms with E-state index < -0.39 is 0 Å². The number of rotatable bonds is 5. The molecule has 0 radical (unpaired) electrons. The average Bonchev–Trinajstić information content (AvgIpc) is 3.22. The van der Waals surface area contributed by atoms with Gasteiger partial charge in [-0.25, -0.2) is 0 Å². The second kappa shape index (κ2) is 8.76. The van der Waals surface area contributed by atoms with E-state index in [4.69, 9.17) is 16.1 Å². The third kappa shape index (κ3) is 4.49. The van der Waals surface area contributed by atoms with Gasteiger partial charge >= 0.3 is 0 Å². The fourth-order valence-corrected chi connectivity index (χ4v) is 3.94. The van der Waals surface area contributed by atoms with Gasteiger partial charge in [0.15, 0.2) is 0 Å². The zero-order chi connectivity index (χ0) is 20.2. The standard InChI is InChI=1S/C22H23ClN4O2/c1-26(17-9-3-2-4-10-17)22(28)16-8-7-13-27(14-16)15-20-24-21(25-29-20)18-11-5-6-12-19(18)23/h2-6,9-12,16H,7-8,13-15H2,1H3. The largest absolute Gasteiger partial charge is 0.338 e. The average molecular weight is 411 g/mol. The maximum atomic E-state index is 13.0. The lowest BCUT2D eigenvalue weighted by Crippen LogP contribution is -2.43. The van der Waals surface area contributed by atoms with Gasteiger partial charge in [-0.2, -0.15) is 4.98 Å². The van der Waals surface area contributed by atoms with Gasteiger partial charge in [-0.05, 0) is 43.7 Å². The minimum atomic E-state index is -0.0417. The van der Waals surface area contributed by atoms with Crippen LogP contribution in [-0.4, -0.2) is 41.1 Å². The third-order valence-electron chi connectivity index (χ3n) is 5.27. The van der Waals surface area contributed by atoms with E-state index in [-0.39, 0.29) is 11.8 Å². The lowest BCUT2D eigenvalue weighted by molar-refractivity contribution is -0.123. The molecule has 3 aromatic rings. The molecule has 1 aliphatic rings. The maximum Gasteiger partial charge on any atom is 0.241 e. The molecule has 7 heteroatoms. The number of hydrogen-bond acceptors (Lipinski definition) is 5. The number of likely N-dealkylation sites (tertiary alicyclic amines) is 1. The van der Waals surface area contributed by atoms with Crippen molar-refractivity contribution in [3.05, 3.63) is 65.5 Å². The van der Waals surface area contributed by atoms with Crippen molar-refractivity contribution in [3.8, 4) is 11.4 Å². The molecule has 4 rings (SSSR count). The van der Waals surface area contributed by atoms with Gasteiger partial charge in [-0.3, -0.25) is 9.69 Å². The third-order valence-corrected chi connectivity index (χ3v) is 5.60. The maximum absolute atomic E-state index is 13.0. The van der Waals surface area contributed by atoms with Crippen LogP contribution in [-0.2, 0) is 11.3 Å². The van der Waals surface area contributed by atoms with Crippen molar-refractivity contribution in [3.63, 3.8) is 0 Å². The fourth-order valence-electron chi connectivity index (χ4n) is 3.72. The first-order valence-corrected chi connectivity index (χ1v) is 10.1. The number of amides is 1. The Labute approximate surface area is 175 Å². The lowest BCUT2D eigenvalue weighted by Gasteiger charge is -2.33. The van der Waals surface area contributed by atoms with E-state index in [9.17, 15) is 4.79 Å². The van der Waals surface area contributed by atoms with Crippen LogP contribution in [0.2, 0.25) is 5.02 Å². The zero-order valence-electron chi connectivity index (χ0n) is 16.3. The Hall–Kier alpha value is -2.70. The Bertz CT molecular complexity index is 976. The Kier molecular flexibility index (Phi) is 5.92. The SMILES string of the molecule is CN(C(=O)C1CCCN(Cc2nc(-c3ccccc3Cl)no2)C1)c1ccccc1. The molecule has 6 nitrogen and oxygen atoms in total. The van der Waals surface area contributed by atoms with Gasteiger partial charge in [0.1, 0.15) is 0 Å². The summed E-state index contributed by atoms with van der Waals surface area (Å²) < 4.78 is 5.43. The second-order valence-electron chi connectivity index (χ2n) is 7.30. The Morgan fingerprint density at radius 1 is 1.21 bits per heavy atom. The summed E-state index contributed by atoms with van der Waals surface area (Å²) in [6.45, 7) is 2.11. The van der Waals surface area contributed by atoms with Gasteiger partial charge in [0.25, 0.3) is 0 Å². The molecule has 0 spiro atoms. The minimum absolute atomic E-state index is 0.0417. The van der Waals surface area contributed by atoms with Gasteiger partial charge in [0.2, 0.25) is 17.6 Å². The van der Waals surface area contributed by atoms with Crippen molar-refractivity contribution in [1.29, 1.82) is 0 Å². The molecule has 0 saturated carbocycles. The van der Waals surface area contributed by atoms with E-state index in [1.807, 2.05) is 55.6 Å². The Morgan fingerprint density at radius 3 is 2.76 bits per heavy atom. The van der Waals surface area contributed by atoms with Gasteiger partial charge in [-0.1, -0.05) is 47.1 Å². The molecule has 0 aliphatic carbocycles. The van der Waals surface area contributed by atoms with Crippen LogP contribution in [0.4, 0.5) is 5.69 Å². The first kappa shape index (κ1) is 19.6. The molecule has 1 aromatic heterocycles. The number of carbonyl (C=O) groups excluding carboxylic acids is 1.